The molecule has 0 aliphatic rings. The Bertz CT molecular complexity index is 324. The minimum Gasteiger partial charge on any atom is -0.481 e. The summed E-state index contributed by atoms with van der Waals surface area (Å²) in [4.78, 5) is 10.3. The van der Waals surface area contributed by atoms with Crippen LogP contribution in [0.1, 0.15) is 18.2 Å². The smallest absolute Gasteiger partial charge is 0.306 e. The fourth-order valence-corrected chi connectivity index (χ4v) is 1.50. The molecule has 0 saturated carbocycles. The Morgan fingerprint density at radius 1 is 1.85 bits per heavy atom. The van der Waals surface area contributed by atoms with Gasteiger partial charge in [0.15, 0.2) is 0 Å². The van der Waals surface area contributed by atoms with Gasteiger partial charge in [-0.05, 0) is 22.0 Å². The molecule has 0 radical (unpaired) electrons. The fourth-order valence-electron chi connectivity index (χ4n) is 1.03. The van der Waals surface area contributed by atoms with Crippen LogP contribution < -0.4 is 0 Å². The molecule has 1 aromatic rings. The van der Waals surface area contributed by atoms with Crippen molar-refractivity contribution in [1.29, 1.82) is 0 Å². The first-order valence-electron chi connectivity index (χ1n) is 3.60. The number of nitrogens with zero attached hydrogens (tertiary/aromatic N) is 2. The number of aliphatic carboxylic acids is 1. The van der Waals surface area contributed by atoms with Crippen molar-refractivity contribution in [3.63, 3.8) is 0 Å². The molecule has 0 aliphatic carbocycles. The number of carbonyl (C=O) groups is 1. The summed E-state index contributed by atoms with van der Waals surface area (Å²) in [5.41, 5.74) is 0.481. The van der Waals surface area contributed by atoms with Crippen LogP contribution in [0.2, 0.25) is 0 Å². The van der Waals surface area contributed by atoms with Crippen molar-refractivity contribution >= 4 is 21.9 Å². The van der Waals surface area contributed by atoms with E-state index in [9.17, 15) is 9.90 Å². The van der Waals surface area contributed by atoms with E-state index in [1.807, 2.05) is 0 Å². The summed E-state index contributed by atoms with van der Waals surface area (Å²) in [5, 5.41) is 21.8. The van der Waals surface area contributed by atoms with E-state index in [0.717, 1.165) is 0 Å². The van der Waals surface area contributed by atoms with Crippen LogP contribution in [0.4, 0.5) is 0 Å². The van der Waals surface area contributed by atoms with Gasteiger partial charge in [0.25, 0.3) is 0 Å². The van der Waals surface area contributed by atoms with Crippen LogP contribution in [0, 0.1) is 0 Å². The van der Waals surface area contributed by atoms with E-state index >= 15 is 0 Å². The van der Waals surface area contributed by atoms with Gasteiger partial charge in [-0.25, -0.2) is 0 Å². The third-order valence-electron chi connectivity index (χ3n) is 1.60. The van der Waals surface area contributed by atoms with Gasteiger partial charge in [0.1, 0.15) is 10.7 Å². The summed E-state index contributed by atoms with van der Waals surface area (Å²) < 4.78 is 2.02. The summed E-state index contributed by atoms with van der Waals surface area (Å²) in [6.07, 6.45) is -1.33. The van der Waals surface area contributed by atoms with Gasteiger partial charge >= 0.3 is 5.97 Å². The molecule has 0 spiro atoms. The summed E-state index contributed by atoms with van der Waals surface area (Å²) in [5.74, 6) is -1.04. The Labute approximate surface area is 83.1 Å². The first-order chi connectivity index (χ1) is 6.00. The normalized spacial score (nSPS) is 12.8. The zero-order chi connectivity index (χ0) is 10.0. The number of aromatic nitrogens is 2. The van der Waals surface area contributed by atoms with Gasteiger partial charge in [0.05, 0.1) is 12.1 Å². The molecule has 1 aromatic heterocycles. The molecule has 5 nitrogen and oxygen atoms in total. The Kier molecular flexibility index (Phi) is 3.05. The molecule has 1 heterocycles. The molecule has 0 fully saturated rings. The molecule has 13 heavy (non-hydrogen) atoms. The van der Waals surface area contributed by atoms with Gasteiger partial charge in [0, 0.05) is 7.05 Å². The van der Waals surface area contributed by atoms with Crippen molar-refractivity contribution in [2.45, 2.75) is 12.5 Å². The number of aliphatic hydroxyl groups excluding tert-OH is 1. The van der Waals surface area contributed by atoms with Crippen LogP contribution in [-0.4, -0.2) is 26.0 Å². The molecule has 0 aromatic carbocycles. The largest absolute Gasteiger partial charge is 0.481 e. The van der Waals surface area contributed by atoms with Crippen molar-refractivity contribution in [1.82, 2.24) is 9.78 Å². The molecule has 0 bridgehead atoms. The van der Waals surface area contributed by atoms with Crippen molar-refractivity contribution in [3.8, 4) is 0 Å². The lowest BCUT2D eigenvalue weighted by Crippen LogP contribution is -2.09. The van der Waals surface area contributed by atoms with E-state index in [2.05, 4.69) is 21.0 Å². The van der Waals surface area contributed by atoms with Gasteiger partial charge in [-0.2, -0.15) is 5.10 Å². The third kappa shape index (κ3) is 2.53. The van der Waals surface area contributed by atoms with Crippen molar-refractivity contribution in [2.24, 2.45) is 7.05 Å². The monoisotopic (exact) mass is 248 g/mol. The first-order valence-corrected chi connectivity index (χ1v) is 4.39. The summed E-state index contributed by atoms with van der Waals surface area (Å²) in [7, 11) is 1.64. The van der Waals surface area contributed by atoms with Gasteiger partial charge in [-0.15, -0.1) is 0 Å². The highest BCUT2D eigenvalue weighted by Gasteiger charge is 2.16. The number of aliphatic hydroxyl groups is 1. The van der Waals surface area contributed by atoms with Gasteiger partial charge in [-0.1, -0.05) is 0 Å². The number of hydrogen-bond acceptors (Lipinski definition) is 3. The molecular formula is C7H9BrN2O3. The molecule has 2 N–H and O–H groups in total. The van der Waals surface area contributed by atoms with Crippen molar-refractivity contribution < 1.29 is 15.0 Å². The highest BCUT2D eigenvalue weighted by molar-refractivity contribution is 9.10. The second kappa shape index (κ2) is 3.89. The number of rotatable bonds is 3. The van der Waals surface area contributed by atoms with E-state index in [4.69, 9.17) is 5.11 Å². The minimum atomic E-state index is -1.04. The first kappa shape index (κ1) is 10.2. The van der Waals surface area contributed by atoms with Gasteiger partial charge in [-0.3, -0.25) is 9.48 Å². The second-order valence-corrected chi connectivity index (χ2v) is 3.44. The number of carboxylic acid groups (broad SMARTS) is 1. The molecule has 0 amide bonds. The predicted molar refractivity (Wildman–Crippen MR) is 48.1 cm³/mol. The Balaban J connectivity index is 2.81. The van der Waals surface area contributed by atoms with Gasteiger partial charge in [0.2, 0.25) is 0 Å². The quantitative estimate of drug-likeness (QED) is 0.826. The zero-order valence-corrected chi connectivity index (χ0v) is 8.52. The van der Waals surface area contributed by atoms with Crippen LogP contribution in [0.15, 0.2) is 10.7 Å². The maximum Gasteiger partial charge on any atom is 0.306 e. The van der Waals surface area contributed by atoms with Crippen LogP contribution in [0.5, 0.6) is 0 Å². The van der Waals surface area contributed by atoms with Crippen molar-refractivity contribution in [2.75, 3.05) is 0 Å². The highest BCUT2D eigenvalue weighted by atomic mass is 79.9. The zero-order valence-electron chi connectivity index (χ0n) is 6.94. The molecule has 6 heteroatoms. The number of carboxylic acids is 1. The van der Waals surface area contributed by atoms with Crippen molar-refractivity contribution in [3.05, 3.63) is 16.4 Å². The Morgan fingerprint density at radius 3 is 2.85 bits per heavy atom. The van der Waals surface area contributed by atoms with E-state index in [1.54, 1.807) is 13.1 Å². The Hall–Kier alpha value is -0.880. The van der Waals surface area contributed by atoms with E-state index < -0.39 is 12.1 Å². The van der Waals surface area contributed by atoms with Crippen LogP contribution in [0.3, 0.4) is 0 Å². The average Bonchev–Trinajstić information content (AvgIpc) is 2.28. The predicted octanol–water partition coefficient (Wildman–Crippen LogP) is 0.691. The molecule has 0 saturated heterocycles. The summed E-state index contributed by atoms with van der Waals surface area (Å²) in [6, 6.07) is 1.59. The minimum absolute atomic E-state index is 0.314. The molecule has 0 unspecified atom stereocenters. The van der Waals surface area contributed by atoms with E-state index in [1.165, 1.54) is 4.68 Å². The fraction of sp³-hybridized carbons (Fsp3) is 0.429. The lowest BCUT2D eigenvalue weighted by Gasteiger charge is -2.06. The van der Waals surface area contributed by atoms with E-state index in [-0.39, 0.29) is 6.42 Å². The summed E-state index contributed by atoms with van der Waals surface area (Å²) >= 11 is 3.13. The van der Waals surface area contributed by atoms with Crippen LogP contribution in [0.25, 0.3) is 0 Å². The molecule has 1 rings (SSSR count). The average molecular weight is 249 g/mol. The lowest BCUT2D eigenvalue weighted by molar-refractivity contribution is -0.139. The Morgan fingerprint density at radius 2 is 2.46 bits per heavy atom. The number of halogens is 1. The lowest BCUT2D eigenvalue weighted by atomic mass is 10.2. The standard InChI is InChI=1S/C7H9BrN2O3/c1-10-4(2-6(8)9-10)5(11)3-7(12)13/h2,5,11H,3H2,1H3,(H,12,13)/t5-/m0/s1. The van der Waals surface area contributed by atoms with Gasteiger partial charge < -0.3 is 10.2 Å². The molecule has 0 aliphatic heterocycles. The molecule has 1 atom stereocenters. The molecule has 72 valence electrons. The third-order valence-corrected chi connectivity index (χ3v) is 1.98. The number of aryl methyl sites for hydroxylation is 1. The molecular weight excluding hydrogens is 240 g/mol. The number of hydrogen-bond donors (Lipinski definition) is 2. The maximum absolute atomic E-state index is 10.3. The summed E-state index contributed by atoms with van der Waals surface area (Å²) in [6.45, 7) is 0. The van der Waals surface area contributed by atoms with Crippen LogP contribution >= 0.6 is 15.9 Å². The highest BCUT2D eigenvalue weighted by Crippen LogP contribution is 2.19. The maximum atomic E-state index is 10.3. The van der Waals surface area contributed by atoms with Crippen LogP contribution in [-0.2, 0) is 11.8 Å². The second-order valence-electron chi connectivity index (χ2n) is 2.63. The topological polar surface area (TPSA) is 75.3 Å². The SMILES string of the molecule is Cn1nc(Br)cc1[C@@H](O)CC(=O)O. The van der Waals surface area contributed by atoms with E-state index in [0.29, 0.717) is 10.3 Å².